The number of anilines is 1. The molecule has 4 rings (SSSR count). The molecule has 0 N–H and O–H groups in total. The first kappa shape index (κ1) is 17.3. The van der Waals surface area contributed by atoms with Crippen molar-refractivity contribution in [3.05, 3.63) is 65.9 Å². The molecule has 1 atom stereocenters. The Hall–Kier alpha value is -3.08. The Balaban J connectivity index is 1.63. The molecule has 1 aliphatic rings. The van der Waals surface area contributed by atoms with E-state index in [1.807, 2.05) is 80.1 Å². The summed E-state index contributed by atoms with van der Waals surface area (Å²) >= 11 is 0. The molecule has 5 heteroatoms. The van der Waals surface area contributed by atoms with Crippen LogP contribution in [0.2, 0.25) is 0 Å². The monoisotopic (exact) mass is 361 g/mol. The molecule has 1 fully saturated rings. The second-order valence-electron chi connectivity index (χ2n) is 7.10. The Bertz CT molecular complexity index is 1020. The first-order chi connectivity index (χ1) is 13.0. The zero-order valence-corrected chi connectivity index (χ0v) is 15.8. The zero-order valence-electron chi connectivity index (χ0n) is 15.8. The van der Waals surface area contributed by atoms with Gasteiger partial charge in [-0.15, -0.1) is 0 Å². The highest BCUT2D eigenvalue weighted by molar-refractivity contribution is 6.05. The van der Waals surface area contributed by atoms with Crippen LogP contribution in [0.4, 0.5) is 5.69 Å². The molecule has 5 nitrogen and oxygen atoms in total. The van der Waals surface area contributed by atoms with Gasteiger partial charge in [0.1, 0.15) is 11.7 Å². The summed E-state index contributed by atoms with van der Waals surface area (Å²) in [5.74, 6) is -0.141. The van der Waals surface area contributed by atoms with E-state index >= 15 is 0 Å². The zero-order chi connectivity index (χ0) is 19.1. The van der Waals surface area contributed by atoms with Crippen LogP contribution in [0.5, 0.6) is 0 Å². The quantitative estimate of drug-likeness (QED) is 0.703. The van der Waals surface area contributed by atoms with Crippen LogP contribution in [-0.2, 0) is 11.8 Å². The van der Waals surface area contributed by atoms with Gasteiger partial charge in [0.2, 0.25) is 5.91 Å². The Kier molecular flexibility index (Phi) is 4.22. The highest BCUT2D eigenvalue weighted by Gasteiger charge is 2.36. The molecule has 2 aromatic carbocycles. The van der Waals surface area contributed by atoms with Gasteiger partial charge in [-0.2, -0.15) is 0 Å². The van der Waals surface area contributed by atoms with Crippen LogP contribution in [-0.4, -0.2) is 40.4 Å². The number of fused-ring (bicyclic) bond motifs is 1. The van der Waals surface area contributed by atoms with Crippen LogP contribution >= 0.6 is 0 Å². The fraction of sp³-hybridized carbons (Fsp3) is 0.273. The summed E-state index contributed by atoms with van der Waals surface area (Å²) in [6, 6.07) is 17.1. The molecule has 2 heterocycles. The van der Waals surface area contributed by atoms with Gasteiger partial charge in [-0.25, -0.2) is 0 Å². The lowest BCUT2D eigenvalue weighted by Crippen LogP contribution is -2.58. The van der Waals surface area contributed by atoms with Crippen molar-refractivity contribution in [2.75, 3.05) is 18.0 Å². The first-order valence-electron chi connectivity index (χ1n) is 9.21. The largest absolute Gasteiger partial charge is 0.339 e. The van der Waals surface area contributed by atoms with E-state index in [4.69, 9.17) is 0 Å². The average molecular weight is 361 g/mol. The second kappa shape index (κ2) is 6.58. The average Bonchev–Trinajstić information content (AvgIpc) is 3.02. The Labute approximate surface area is 158 Å². The third-order valence-electron chi connectivity index (χ3n) is 5.46. The van der Waals surface area contributed by atoms with Gasteiger partial charge in [0.25, 0.3) is 5.91 Å². The van der Waals surface area contributed by atoms with Crippen LogP contribution in [0.3, 0.4) is 0 Å². The maximum Gasteiger partial charge on any atom is 0.271 e. The molecular formula is C22H23N3O2. The molecule has 1 aromatic heterocycles. The van der Waals surface area contributed by atoms with Gasteiger partial charge in [-0.3, -0.25) is 9.59 Å². The van der Waals surface area contributed by atoms with Crippen molar-refractivity contribution in [3.8, 4) is 0 Å². The van der Waals surface area contributed by atoms with E-state index in [-0.39, 0.29) is 11.8 Å². The van der Waals surface area contributed by atoms with Gasteiger partial charge in [0, 0.05) is 31.2 Å². The van der Waals surface area contributed by atoms with E-state index in [0.717, 1.165) is 22.2 Å². The van der Waals surface area contributed by atoms with Gasteiger partial charge in [-0.1, -0.05) is 36.4 Å². The number of aryl methyl sites for hydroxylation is 2. The van der Waals surface area contributed by atoms with Crippen LogP contribution in [0.1, 0.15) is 23.0 Å². The first-order valence-corrected chi connectivity index (χ1v) is 9.21. The van der Waals surface area contributed by atoms with Gasteiger partial charge in [0.15, 0.2) is 0 Å². The molecule has 1 unspecified atom stereocenters. The fourth-order valence-electron chi connectivity index (χ4n) is 3.99. The molecule has 0 bridgehead atoms. The summed E-state index contributed by atoms with van der Waals surface area (Å²) in [6.45, 7) is 4.87. The van der Waals surface area contributed by atoms with E-state index in [1.165, 1.54) is 0 Å². The predicted octanol–water partition coefficient (Wildman–Crippen LogP) is 3.36. The third kappa shape index (κ3) is 2.79. The van der Waals surface area contributed by atoms with Crippen LogP contribution < -0.4 is 4.90 Å². The van der Waals surface area contributed by atoms with E-state index in [2.05, 4.69) is 0 Å². The summed E-state index contributed by atoms with van der Waals surface area (Å²) in [7, 11) is 1.91. The van der Waals surface area contributed by atoms with Crippen molar-refractivity contribution in [1.29, 1.82) is 0 Å². The fourth-order valence-corrected chi connectivity index (χ4v) is 3.99. The number of carbonyl (C=O) groups excluding carboxylic acids is 2. The van der Waals surface area contributed by atoms with E-state index in [1.54, 1.807) is 9.80 Å². The maximum absolute atomic E-state index is 13.2. The SMILES string of the molecule is Cc1cccc2cc(C(=O)N3CCN(c4ccccc4)C(=O)C3C)n(C)c12. The summed E-state index contributed by atoms with van der Waals surface area (Å²) in [4.78, 5) is 29.6. The van der Waals surface area contributed by atoms with Gasteiger partial charge < -0.3 is 14.4 Å². The van der Waals surface area contributed by atoms with Crippen molar-refractivity contribution >= 4 is 28.4 Å². The summed E-state index contributed by atoms with van der Waals surface area (Å²) in [5, 5.41) is 1.04. The topological polar surface area (TPSA) is 45.6 Å². The predicted molar refractivity (Wildman–Crippen MR) is 107 cm³/mol. The standard InChI is InChI=1S/C22H23N3O2/c1-15-8-7-9-17-14-19(23(3)20(15)17)22(27)24-12-13-25(21(26)16(24)2)18-10-5-4-6-11-18/h4-11,14,16H,12-13H2,1-3H3. The van der Waals surface area contributed by atoms with E-state index in [0.29, 0.717) is 18.8 Å². The maximum atomic E-state index is 13.2. The lowest BCUT2D eigenvalue weighted by atomic mass is 10.1. The van der Waals surface area contributed by atoms with Gasteiger partial charge in [0.05, 0.1) is 5.52 Å². The van der Waals surface area contributed by atoms with Crippen LogP contribution in [0.25, 0.3) is 10.9 Å². The minimum absolute atomic E-state index is 0.0456. The number of nitrogens with zero attached hydrogens (tertiary/aromatic N) is 3. The number of carbonyl (C=O) groups is 2. The number of hydrogen-bond acceptors (Lipinski definition) is 2. The molecular weight excluding hydrogens is 338 g/mol. The number of hydrogen-bond donors (Lipinski definition) is 0. The van der Waals surface area contributed by atoms with Crippen molar-refractivity contribution < 1.29 is 9.59 Å². The Morgan fingerprint density at radius 1 is 1.04 bits per heavy atom. The molecule has 0 radical (unpaired) electrons. The molecule has 1 saturated heterocycles. The Morgan fingerprint density at radius 3 is 2.48 bits per heavy atom. The smallest absolute Gasteiger partial charge is 0.271 e. The number of aromatic nitrogens is 1. The van der Waals surface area contributed by atoms with Crippen molar-refractivity contribution in [2.24, 2.45) is 7.05 Å². The number of benzene rings is 2. The summed E-state index contributed by atoms with van der Waals surface area (Å²) < 4.78 is 1.94. The van der Waals surface area contributed by atoms with Crippen molar-refractivity contribution in [1.82, 2.24) is 9.47 Å². The molecule has 0 saturated carbocycles. The van der Waals surface area contributed by atoms with Crippen molar-refractivity contribution in [2.45, 2.75) is 19.9 Å². The molecule has 3 aromatic rings. The summed E-state index contributed by atoms with van der Waals surface area (Å²) in [6.07, 6.45) is 0. The molecule has 0 spiro atoms. The number of rotatable bonds is 2. The van der Waals surface area contributed by atoms with E-state index in [9.17, 15) is 9.59 Å². The Morgan fingerprint density at radius 2 is 1.78 bits per heavy atom. The minimum atomic E-state index is -0.495. The highest BCUT2D eigenvalue weighted by Crippen LogP contribution is 2.25. The molecule has 27 heavy (non-hydrogen) atoms. The van der Waals surface area contributed by atoms with Gasteiger partial charge >= 0.3 is 0 Å². The van der Waals surface area contributed by atoms with Crippen molar-refractivity contribution in [3.63, 3.8) is 0 Å². The molecule has 138 valence electrons. The highest BCUT2D eigenvalue weighted by atomic mass is 16.2. The molecule has 2 amide bonds. The molecule has 0 aliphatic carbocycles. The number of para-hydroxylation sites is 2. The third-order valence-corrected chi connectivity index (χ3v) is 5.46. The number of piperazine rings is 1. The summed E-state index contributed by atoms with van der Waals surface area (Å²) in [5.41, 5.74) is 3.68. The molecule has 1 aliphatic heterocycles. The minimum Gasteiger partial charge on any atom is -0.339 e. The second-order valence-corrected chi connectivity index (χ2v) is 7.10. The van der Waals surface area contributed by atoms with Crippen LogP contribution in [0, 0.1) is 6.92 Å². The normalized spacial score (nSPS) is 17.6. The van der Waals surface area contributed by atoms with Crippen LogP contribution in [0.15, 0.2) is 54.6 Å². The van der Waals surface area contributed by atoms with E-state index < -0.39 is 6.04 Å². The lowest BCUT2D eigenvalue weighted by Gasteiger charge is -2.39. The lowest BCUT2D eigenvalue weighted by molar-refractivity contribution is -0.124. The van der Waals surface area contributed by atoms with Gasteiger partial charge in [-0.05, 0) is 37.6 Å². The number of amides is 2.